The van der Waals surface area contributed by atoms with E-state index in [4.69, 9.17) is 0 Å². The third kappa shape index (κ3) is 3.46. The lowest BCUT2D eigenvalue weighted by Crippen LogP contribution is -2.25. The van der Waals surface area contributed by atoms with Crippen LogP contribution in [0.15, 0.2) is 77.7 Å². The molecular weight excluding hydrogens is 381 g/mol. The van der Waals surface area contributed by atoms with Crippen LogP contribution in [0, 0.1) is 11.6 Å². The Labute approximate surface area is 149 Å². The lowest BCUT2D eigenvalue weighted by atomic mass is 10.3. The van der Waals surface area contributed by atoms with Crippen molar-refractivity contribution >= 4 is 33.2 Å². The van der Waals surface area contributed by atoms with Crippen LogP contribution in [0.4, 0.5) is 8.78 Å². The van der Waals surface area contributed by atoms with Gasteiger partial charge < -0.3 is 4.57 Å². The van der Waals surface area contributed by atoms with Crippen molar-refractivity contribution < 1.29 is 26.3 Å². The summed E-state index contributed by atoms with van der Waals surface area (Å²) >= 11 is 0. The molecule has 0 saturated carbocycles. The standard InChI is InChI=1S/C18H13F2O4PS/c19-13-4-8-15(9-5-13)25(21,16-10-6-14(20)7-11-16)17-2-1-3-18(12-17)26(22,23)24/h1-12H,(H,22,23,24). The van der Waals surface area contributed by atoms with Gasteiger partial charge in [0.25, 0.3) is 10.1 Å². The summed E-state index contributed by atoms with van der Waals surface area (Å²) in [6.45, 7) is 0. The minimum atomic E-state index is -4.50. The van der Waals surface area contributed by atoms with Crippen LogP contribution in [0.25, 0.3) is 0 Å². The molecule has 0 fully saturated rings. The number of rotatable bonds is 4. The highest BCUT2D eigenvalue weighted by molar-refractivity contribution is 7.86. The average molecular weight is 394 g/mol. The second-order valence-electron chi connectivity index (χ2n) is 5.53. The molecule has 4 nitrogen and oxygen atoms in total. The van der Waals surface area contributed by atoms with Gasteiger partial charge in [-0.05, 0) is 60.7 Å². The van der Waals surface area contributed by atoms with Gasteiger partial charge in [-0.15, -0.1) is 0 Å². The molecule has 0 aliphatic heterocycles. The Hall–Kier alpha value is -2.34. The van der Waals surface area contributed by atoms with E-state index in [-0.39, 0.29) is 15.9 Å². The third-order valence-corrected chi connectivity index (χ3v) is 7.77. The fourth-order valence-corrected chi connectivity index (χ4v) is 5.85. The van der Waals surface area contributed by atoms with Crippen LogP contribution in [-0.2, 0) is 14.7 Å². The molecule has 0 heterocycles. The zero-order chi connectivity index (χ0) is 18.9. The number of benzene rings is 3. The lowest BCUT2D eigenvalue weighted by Gasteiger charge is -2.20. The van der Waals surface area contributed by atoms with Crippen molar-refractivity contribution in [2.45, 2.75) is 4.90 Å². The smallest absolute Gasteiger partial charge is 0.294 e. The Morgan fingerprint density at radius 1 is 0.731 bits per heavy atom. The molecule has 0 saturated heterocycles. The maximum atomic E-state index is 14.0. The summed E-state index contributed by atoms with van der Waals surface area (Å²) in [7, 11) is -8.13. The van der Waals surface area contributed by atoms with Gasteiger partial charge in [0.2, 0.25) is 0 Å². The van der Waals surface area contributed by atoms with Crippen molar-refractivity contribution in [1.29, 1.82) is 0 Å². The first-order chi connectivity index (χ1) is 12.2. The van der Waals surface area contributed by atoms with Gasteiger partial charge in [0.1, 0.15) is 11.6 Å². The predicted molar refractivity (Wildman–Crippen MR) is 95.6 cm³/mol. The highest BCUT2D eigenvalue weighted by Crippen LogP contribution is 2.42. The van der Waals surface area contributed by atoms with Crippen LogP contribution in [-0.4, -0.2) is 13.0 Å². The van der Waals surface area contributed by atoms with Crippen molar-refractivity contribution in [3.8, 4) is 0 Å². The molecule has 0 aromatic heterocycles. The van der Waals surface area contributed by atoms with E-state index in [0.29, 0.717) is 0 Å². The third-order valence-electron chi connectivity index (χ3n) is 3.86. The average Bonchev–Trinajstić information content (AvgIpc) is 2.62. The van der Waals surface area contributed by atoms with Gasteiger partial charge in [0.15, 0.2) is 7.14 Å². The van der Waals surface area contributed by atoms with Gasteiger partial charge in [-0.25, -0.2) is 8.78 Å². The SMILES string of the molecule is O=P(c1ccc(F)cc1)(c1ccc(F)cc1)c1cccc(S(=O)(=O)O)c1. The van der Waals surface area contributed by atoms with E-state index in [1.165, 1.54) is 42.5 Å². The molecule has 0 radical (unpaired) electrons. The van der Waals surface area contributed by atoms with Crippen LogP contribution < -0.4 is 15.9 Å². The summed E-state index contributed by atoms with van der Waals surface area (Å²) in [5.41, 5.74) is 0. The van der Waals surface area contributed by atoms with E-state index in [9.17, 15) is 26.3 Å². The molecule has 0 atom stereocenters. The Bertz CT molecular complexity index is 1050. The van der Waals surface area contributed by atoms with Gasteiger partial charge in [0.05, 0.1) is 4.90 Å². The van der Waals surface area contributed by atoms with Crippen LogP contribution >= 0.6 is 7.14 Å². The molecule has 0 aliphatic carbocycles. The summed E-state index contributed by atoms with van der Waals surface area (Å²) in [4.78, 5) is -0.417. The molecule has 1 N–H and O–H groups in total. The molecule has 0 aliphatic rings. The van der Waals surface area contributed by atoms with Gasteiger partial charge in [-0.2, -0.15) is 8.42 Å². The summed E-state index contributed by atoms with van der Waals surface area (Å²) in [6, 6.07) is 14.9. The minimum Gasteiger partial charge on any atom is -0.309 e. The van der Waals surface area contributed by atoms with E-state index >= 15 is 0 Å². The van der Waals surface area contributed by atoms with E-state index < -0.39 is 33.8 Å². The van der Waals surface area contributed by atoms with Crippen LogP contribution in [0.1, 0.15) is 0 Å². The molecule has 3 aromatic rings. The molecule has 134 valence electrons. The second-order valence-corrected chi connectivity index (χ2v) is 9.72. The largest absolute Gasteiger partial charge is 0.309 e. The Balaban J connectivity index is 2.30. The lowest BCUT2D eigenvalue weighted by molar-refractivity contribution is 0.483. The maximum absolute atomic E-state index is 14.0. The molecule has 26 heavy (non-hydrogen) atoms. The van der Waals surface area contributed by atoms with Crippen molar-refractivity contribution in [1.82, 2.24) is 0 Å². The van der Waals surface area contributed by atoms with Crippen molar-refractivity contribution in [2.75, 3.05) is 0 Å². The Morgan fingerprint density at radius 2 is 1.19 bits per heavy atom. The van der Waals surface area contributed by atoms with Gasteiger partial charge in [0, 0.05) is 15.9 Å². The van der Waals surface area contributed by atoms with Gasteiger partial charge in [-0.3, -0.25) is 4.55 Å². The zero-order valence-corrected chi connectivity index (χ0v) is 14.9. The highest BCUT2D eigenvalue weighted by atomic mass is 32.2. The number of hydrogen-bond acceptors (Lipinski definition) is 3. The molecule has 0 amide bonds. The summed E-state index contributed by atoms with van der Waals surface area (Å²) in [5, 5.41) is 0.613. The topological polar surface area (TPSA) is 71.4 Å². The summed E-state index contributed by atoms with van der Waals surface area (Å²) < 4.78 is 72.8. The summed E-state index contributed by atoms with van der Waals surface area (Å²) in [6.07, 6.45) is 0. The molecule has 8 heteroatoms. The first kappa shape index (κ1) is 18.5. The van der Waals surface area contributed by atoms with Crippen molar-refractivity contribution in [2.24, 2.45) is 0 Å². The van der Waals surface area contributed by atoms with Crippen molar-refractivity contribution in [3.05, 3.63) is 84.4 Å². The number of hydrogen-bond donors (Lipinski definition) is 1. The molecular formula is C18H13F2O4PS. The van der Waals surface area contributed by atoms with Gasteiger partial charge >= 0.3 is 0 Å². The monoisotopic (exact) mass is 394 g/mol. The fourth-order valence-electron chi connectivity index (χ4n) is 2.59. The fraction of sp³-hybridized carbons (Fsp3) is 0. The van der Waals surface area contributed by atoms with Crippen LogP contribution in [0.5, 0.6) is 0 Å². The maximum Gasteiger partial charge on any atom is 0.294 e. The summed E-state index contributed by atoms with van der Waals surface area (Å²) in [5.74, 6) is -1.04. The first-order valence-corrected chi connectivity index (χ1v) is 10.6. The van der Waals surface area contributed by atoms with Crippen LogP contribution in [0.3, 0.4) is 0 Å². The number of halogens is 2. The van der Waals surface area contributed by atoms with E-state index in [0.717, 1.165) is 30.3 Å². The Kier molecular flexibility index (Phi) is 4.80. The van der Waals surface area contributed by atoms with Crippen molar-refractivity contribution in [3.63, 3.8) is 0 Å². The predicted octanol–water partition coefficient (Wildman–Crippen LogP) is 2.85. The van der Waals surface area contributed by atoms with E-state index in [1.807, 2.05) is 0 Å². The molecule has 0 bridgehead atoms. The van der Waals surface area contributed by atoms with Gasteiger partial charge in [-0.1, -0.05) is 12.1 Å². The molecule has 3 aromatic carbocycles. The highest BCUT2D eigenvalue weighted by Gasteiger charge is 2.31. The second kappa shape index (κ2) is 6.76. The first-order valence-electron chi connectivity index (χ1n) is 7.42. The molecule has 3 rings (SSSR count). The molecule has 0 unspecified atom stereocenters. The van der Waals surface area contributed by atoms with Crippen LogP contribution in [0.2, 0.25) is 0 Å². The van der Waals surface area contributed by atoms with E-state index in [1.54, 1.807) is 0 Å². The van der Waals surface area contributed by atoms with E-state index in [2.05, 4.69) is 0 Å². The zero-order valence-electron chi connectivity index (χ0n) is 13.2. The molecule has 0 spiro atoms. The minimum absolute atomic E-state index is 0.117. The Morgan fingerprint density at radius 3 is 1.62 bits per heavy atom. The quantitative estimate of drug-likeness (QED) is 0.546. The normalized spacial score (nSPS) is 12.1.